The molecule has 1 aliphatic heterocycles. The first-order valence-electron chi connectivity index (χ1n) is 10.0. The van der Waals surface area contributed by atoms with Crippen molar-refractivity contribution in [3.05, 3.63) is 71.8 Å². The van der Waals surface area contributed by atoms with Crippen LogP contribution in [0.15, 0.2) is 60.7 Å². The molecule has 7 heteroatoms. The number of fused-ring (bicyclic) bond motifs is 5. The number of benzene rings is 2. The number of hydrogen-bond donors (Lipinski definition) is 0. The third kappa shape index (κ3) is 3.04. The fourth-order valence-corrected chi connectivity index (χ4v) is 4.87. The van der Waals surface area contributed by atoms with Crippen LogP contribution < -0.4 is 9.64 Å². The first kappa shape index (κ1) is 19.2. The van der Waals surface area contributed by atoms with E-state index in [1.165, 1.54) is 42.3 Å². The number of rotatable bonds is 4. The van der Waals surface area contributed by atoms with Gasteiger partial charge < -0.3 is 9.47 Å². The highest BCUT2D eigenvalue weighted by Gasteiger charge is 2.59. The molecule has 2 fully saturated rings. The number of anilines is 1. The predicted molar refractivity (Wildman–Crippen MR) is 109 cm³/mol. The molecule has 3 aliphatic rings. The number of allylic oxidation sites excluding steroid dienone is 2. The second-order valence-electron chi connectivity index (χ2n) is 7.97. The van der Waals surface area contributed by atoms with Crippen molar-refractivity contribution in [1.29, 1.82) is 0 Å². The SMILES string of the molecule is COC(=O)c1ccc(OC(=O)c2cccc(N3C(=O)[C@@H]4[C@@H](C3=O)[C@@H]3C=C[C@@H]4C3)c2)cc1. The summed E-state index contributed by atoms with van der Waals surface area (Å²) in [6.07, 6.45) is 4.95. The molecular formula is C24H19NO6. The third-order valence-electron chi connectivity index (χ3n) is 6.30. The molecule has 2 bridgehead atoms. The van der Waals surface area contributed by atoms with Crippen LogP contribution in [0, 0.1) is 23.7 Å². The highest BCUT2D eigenvalue weighted by atomic mass is 16.5. The molecule has 0 radical (unpaired) electrons. The highest BCUT2D eigenvalue weighted by Crippen LogP contribution is 2.53. The third-order valence-corrected chi connectivity index (χ3v) is 6.30. The van der Waals surface area contributed by atoms with E-state index in [-0.39, 0.29) is 46.8 Å². The van der Waals surface area contributed by atoms with Gasteiger partial charge in [-0.15, -0.1) is 0 Å². The molecule has 2 aliphatic carbocycles. The molecule has 1 saturated heterocycles. The van der Waals surface area contributed by atoms with E-state index in [1.807, 2.05) is 12.2 Å². The molecule has 0 spiro atoms. The number of ether oxygens (including phenoxy) is 2. The zero-order valence-corrected chi connectivity index (χ0v) is 16.7. The Balaban J connectivity index is 1.35. The number of esters is 2. The summed E-state index contributed by atoms with van der Waals surface area (Å²) in [6.45, 7) is 0. The van der Waals surface area contributed by atoms with Crippen LogP contribution in [-0.2, 0) is 14.3 Å². The van der Waals surface area contributed by atoms with Crippen LogP contribution in [-0.4, -0.2) is 30.9 Å². The second-order valence-corrected chi connectivity index (χ2v) is 7.97. The maximum Gasteiger partial charge on any atom is 0.343 e. The fourth-order valence-electron chi connectivity index (χ4n) is 4.87. The lowest BCUT2D eigenvalue weighted by Crippen LogP contribution is -2.33. The van der Waals surface area contributed by atoms with Gasteiger partial charge >= 0.3 is 11.9 Å². The molecule has 2 aromatic rings. The smallest absolute Gasteiger partial charge is 0.343 e. The average Bonchev–Trinajstić information content (AvgIpc) is 3.47. The number of carbonyl (C=O) groups excluding carboxylic acids is 4. The van der Waals surface area contributed by atoms with E-state index in [0.29, 0.717) is 11.3 Å². The highest BCUT2D eigenvalue weighted by molar-refractivity contribution is 6.23. The predicted octanol–water partition coefficient (Wildman–Crippen LogP) is 3.00. The number of nitrogens with zero attached hydrogens (tertiary/aromatic N) is 1. The van der Waals surface area contributed by atoms with Gasteiger partial charge in [-0.3, -0.25) is 9.59 Å². The van der Waals surface area contributed by atoms with Crippen molar-refractivity contribution in [3.63, 3.8) is 0 Å². The summed E-state index contributed by atoms with van der Waals surface area (Å²) >= 11 is 0. The molecule has 0 aromatic heterocycles. The van der Waals surface area contributed by atoms with Gasteiger partial charge in [0.2, 0.25) is 11.8 Å². The molecule has 2 amide bonds. The van der Waals surface area contributed by atoms with Gasteiger partial charge in [0.1, 0.15) is 5.75 Å². The summed E-state index contributed by atoms with van der Waals surface area (Å²) in [6, 6.07) is 12.3. The van der Waals surface area contributed by atoms with E-state index >= 15 is 0 Å². The molecule has 31 heavy (non-hydrogen) atoms. The van der Waals surface area contributed by atoms with Crippen LogP contribution in [0.1, 0.15) is 27.1 Å². The Kier molecular flexibility index (Phi) is 4.46. The van der Waals surface area contributed by atoms with Gasteiger partial charge in [-0.1, -0.05) is 18.2 Å². The lowest BCUT2D eigenvalue weighted by atomic mass is 9.85. The van der Waals surface area contributed by atoms with Crippen molar-refractivity contribution in [2.45, 2.75) is 6.42 Å². The van der Waals surface area contributed by atoms with Crippen LogP contribution in [0.2, 0.25) is 0 Å². The Morgan fingerprint density at radius 2 is 1.52 bits per heavy atom. The Hall–Kier alpha value is -3.74. The minimum Gasteiger partial charge on any atom is -0.465 e. The second kappa shape index (κ2) is 7.19. The van der Waals surface area contributed by atoms with Crippen LogP contribution in [0.3, 0.4) is 0 Å². The van der Waals surface area contributed by atoms with Gasteiger partial charge in [-0.2, -0.15) is 0 Å². The maximum atomic E-state index is 13.0. The molecule has 1 heterocycles. The summed E-state index contributed by atoms with van der Waals surface area (Å²) in [5, 5.41) is 0. The molecule has 1 saturated carbocycles. The molecule has 0 unspecified atom stereocenters. The first-order valence-corrected chi connectivity index (χ1v) is 10.0. The number of methoxy groups -OCH3 is 1. The Labute approximate surface area is 178 Å². The van der Waals surface area contributed by atoms with Gasteiger partial charge in [0, 0.05) is 0 Å². The van der Waals surface area contributed by atoms with E-state index in [4.69, 9.17) is 4.74 Å². The van der Waals surface area contributed by atoms with Gasteiger partial charge in [0.25, 0.3) is 0 Å². The number of imide groups is 1. The van der Waals surface area contributed by atoms with Crippen molar-refractivity contribution < 1.29 is 28.7 Å². The number of carbonyl (C=O) groups is 4. The monoisotopic (exact) mass is 417 g/mol. The quantitative estimate of drug-likeness (QED) is 0.329. The Bertz CT molecular complexity index is 1110. The van der Waals surface area contributed by atoms with Gasteiger partial charge in [0.15, 0.2) is 0 Å². The summed E-state index contributed by atoms with van der Waals surface area (Å²) < 4.78 is 10.0. The van der Waals surface area contributed by atoms with Crippen LogP contribution in [0.25, 0.3) is 0 Å². The van der Waals surface area contributed by atoms with E-state index in [2.05, 4.69) is 4.74 Å². The van der Waals surface area contributed by atoms with Crippen molar-refractivity contribution in [2.75, 3.05) is 12.0 Å². The zero-order chi connectivity index (χ0) is 21.7. The fraction of sp³-hybridized carbons (Fsp3) is 0.250. The summed E-state index contributed by atoms with van der Waals surface area (Å²) in [4.78, 5) is 51.3. The molecule has 0 N–H and O–H groups in total. The van der Waals surface area contributed by atoms with Crippen LogP contribution in [0.5, 0.6) is 5.75 Å². The van der Waals surface area contributed by atoms with Crippen LogP contribution in [0.4, 0.5) is 5.69 Å². The molecular weight excluding hydrogens is 398 g/mol. The van der Waals surface area contributed by atoms with Gasteiger partial charge in [0.05, 0.1) is 35.8 Å². The molecule has 156 valence electrons. The van der Waals surface area contributed by atoms with E-state index < -0.39 is 11.9 Å². The lowest BCUT2D eigenvalue weighted by molar-refractivity contribution is -0.123. The summed E-state index contributed by atoms with van der Waals surface area (Å²) in [7, 11) is 1.29. The van der Waals surface area contributed by atoms with Crippen molar-refractivity contribution in [2.24, 2.45) is 23.7 Å². The van der Waals surface area contributed by atoms with E-state index in [0.717, 1.165) is 6.42 Å². The zero-order valence-electron chi connectivity index (χ0n) is 16.7. The summed E-state index contributed by atoms with van der Waals surface area (Å²) in [5.41, 5.74) is 0.928. The maximum absolute atomic E-state index is 13.0. The molecule has 4 atom stereocenters. The molecule has 7 nitrogen and oxygen atoms in total. The molecule has 5 rings (SSSR count). The van der Waals surface area contributed by atoms with Gasteiger partial charge in [-0.05, 0) is 60.7 Å². The van der Waals surface area contributed by atoms with Crippen molar-refractivity contribution in [1.82, 2.24) is 0 Å². The first-order chi connectivity index (χ1) is 15.0. The molecule has 2 aromatic carbocycles. The minimum atomic E-state index is -0.631. The lowest BCUT2D eigenvalue weighted by Gasteiger charge is -2.18. The van der Waals surface area contributed by atoms with E-state index in [9.17, 15) is 19.2 Å². The average molecular weight is 417 g/mol. The van der Waals surface area contributed by atoms with Gasteiger partial charge in [-0.25, -0.2) is 14.5 Å². The summed E-state index contributed by atoms with van der Waals surface area (Å²) in [5.74, 6) is -1.61. The van der Waals surface area contributed by atoms with Crippen molar-refractivity contribution >= 4 is 29.4 Å². The van der Waals surface area contributed by atoms with E-state index in [1.54, 1.807) is 18.2 Å². The standard InChI is InChI=1S/C24H19NO6/c1-30-23(28)13-7-9-18(10-8-13)31-24(29)16-3-2-4-17(12-16)25-21(26)19-14-5-6-15(11-14)20(19)22(25)27/h2-10,12,14-15,19-20H,11H2,1H3/t14-,15-,19+,20+/m1/s1. The number of amides is 2. The Morgan fingerprint density at radius 1 is 0.871 bits per heavy atom. The minimum absolute atomic E-state index is 0.123. The normalized spacial score (nSPS) is 25.6. The largest absolute Gasteiger partial charge is 0.465 e. The van der Waals surface area contributed by atoms with Crippen LogP contribution >= 0.6 is 0 Å². The topological polar surface area (TPSA) is 90.0 Å². The Morgan fingerprint density at radius 3 is 2.13 bits per heavy atom. The van der Waals surface area contributed by atoms with Crippen molar-refractivity contribution in [3.8, 4) is 5.75 Å². The number of hydrogen-bond acceptors (Lipinski definition) is 6.